The van der Waals surface area contributed by atoms with Crippen molar-refractivity contribution in [1.29, 1.82) is 0 Å². The molecular formula is C17H20O3. The molecule has 1 unspecified atom stereocenters. The Hall–Kier alpha value is -1.74. The van der Waals surface area contributed by atoms with Gasteiger partial charge in [0, 0.05) is 17.4 Å². The van der Waals surface area contributed by atoms with Crippen LogP contribution < -0.4 is 4.74 Å². The molecule has 0 amide bonds. The third-order valence-corrected chi connectivity index (χ3v) is 3.94. The Balaban J connectivity index is 1.95. The van der Waals surface area contributed by atoms with E-state index in [2.05, 4.69) is 13.8 Å². The van der Waals surface area contributed by atoms with Gasteiger partial charge in [0.2, 0.25) is 0 Å². The molecule has 3 rings (SSSR count). The molecule has 106 valence electrons. The van der Waals surface area contributed by atoms with E-state index in [9.17, 15) is 5.11 Å². The molecule has 0 spiro atoms. The molecule has 0 bridgehead atoms. The number of fused-ring (bicyclic) bond motifs is 1. The lowest BCUT2D eigenvalue weighted by Gasteiger charge is -2.17. The van der Waals surface area contributed by atoms with E-state index in [1.54, 1.807) is 0 Å². The number of hydrogen-bond donors (Lipinski definition) is 1. The number of aryl methyl sites for hydroxylation is 1. The van der Waals surface area contributed by atoms with Gasteiger partial charge in [-0.3, -0.25) is 0 Å². The first-order chi connectivity index (χ1) is 9.51. The Morgan fingerprint density at radius 3 is 2.75 bits per heavy atom. The summed E-state index contributed by atoms with van der Waals surface area (Å²) in [5, 5.41) is 10.5. The van der Waals surface area contributed by atoms with E-state index in [1.807, 2.05) is 37.3 Å². The molecule has 2 aromatic rings. The summed E-state index contributed by atoms with van der Waals surface area (Å²) in [4.78, 5) is 0. The van der Waals surface area contributed by atoms with Gasteiger partial charge < -0.3 is 14.3 Å². The number of aliphatic hydroxyl groups excluding tert-OH is 1. The van der Waals surface area contributed by atoms with E-state index in [4.69, 9.17) is 9.15 Å². The first-order valence-corrected chi connectivity index (χ1v) is 7.05. The van der Waals surface area contributed by atoms with Gasteiger partial charge in [0.15, 0.2) is 0 Å². The van der Waals surface area contributed by atoms with Gasteiger partial charge in [0.25, 0.3) is 0 Å². The molecule has 1 N–H and O–H groups in total. The summed E-state index contributed by atoms with van der Waals surface area (Å²) >= 11 is 0. The largest absolute Gasteiger partial charge is 0.492 e. The monoisotopic (exact) mass is 272 g/mol. The number of ether oxygens (including phenoxy) is 1. The van der Waals surface area contributed by atoms with E-state index < -0.39 is 6.10 Å². The summed E-state index contributed by atoms with van der Waals surface area (Å²) in [5.74, 6) is 2.40. The molecule has 1 aromatic heterocycles. The van der Waals surface area contributed by atoms with Crippen LogP contribution in [-0.4, -0.2) is 11.7 Å². The van der Waals surface area contributed by atoms with Crippen LogP contribution in [0.5, 0.6) is 5.75 Å². The summed E-state index contributed by atoms with van der Waals surface area (Å²) in [6.45, 7) is 7.01. The third kappa shape index (κ3) is 2.12. The van der Waals surface area contributed by atoms with Crippen LogP contribution in [0.3, 0.4) is 0 Å². The van der Waals surface area contributed by atoms with Crippen LogP contribution in [0.15, 0.2) is 34.7 Å². The van der Waals surface area contributed by atoms with Crippen molar-refractivity contribution in [3.05, 3.63) is 53.0 Å². The van der Waals surface area contributed by atoms with E-state index in [-0.39, 0.29) is 5.41 Å². The van der Waals surface area contributed by atoms with Crippen LogP contribution >= 0.6 is 0 Å². The van der Waals surface area contributed by atoms with Crippen LogP contribution in [0.2, 0.25) is 0 Å². The Kier molecular flexibility index (Phi) is 3.09. The summed E-state index contributed by atoms with van der Waals surface area (Å²) in [7, 11) is 0. The average molecular weight is 272 g/mol. The van der Waals surface area contributed by atoms with Gasteiger partial charge in [-0.25, -0.2) is 0 Å². The molecule has 2 heterocycles. The zero-order chi connectivity index (χ0) is 14.3. The minimum Gasteiger partial charge on any atom is -0.492 e. The third-order valence-electron chi connectivity index (χ3n) is 3.94. The predicted octanol–water partition coefficient (Wildman–Crippen LogP) is 3.59. The fraction of sp³-hybridized carbons (Fsp3) is 0.412. The Morgan fingerprint density at radius 1 is 1.25 bits per heavy atom. The maximum absolute atomic E-state index is 10.5. The number of furan rings is 1. The zero-order valence-electron chi connectivity index (χ0n) is 12.1. The summed E-state index contributed by atoms with van der Waals surface area (Å²) in [6, 6.07) is 9.63. The highest BCUT2D eigenvalue weighted by Gasteiger charge is 2.32. The first kappa shape index (κ1) is 13.3. The quantitative estimate of drug-likeness (QED) is 0.928. The lowest BCUT2D eigenvalue weighted by molar-refractivity contribution is 0.187. The van der Waals surface area contributed by atoms with E-state index in [0.717, 1.165) is 29.1 Å². The highest BCUT2D eigenvalue weighted by Crippen LogP contribution is 2.40. The van der Waals surface area contributed by atoms with Gasteiger partial charge in [-0.2, -0.15) is 0 Å². The lowest BCUT2D eigenvalue weighted by Crippen LogP contribution is -2.18. The Morgan fingerprint density at radius 2 is 2.05 bits per heavy atom. The molecule has 1 aliphatic rings. The van der Waals surface area contributed by atoms with Gasteiger partial charge in [-0.15, -0.1) is 0 Å². The molecule has 3 heteroatoms. The number of rotatable bonds is 3. The van der Waals surface area contributed by atoms with Crippen molar-refractivity contribution in [2.45, 2.75) is 38.7 Å². The molecular weight excluding hydrogens is 252 g/mol. The van der Waals surface area contributed by atoms with Gasteiger partial charge in [0.1, 0.15) is 23.4 Å². The standard InChI is InChI=1S/C17H20O3/c1-4-12-6-8-15(20-12)16(18)11-5-7-14-13(9-11)17(2,3)10-19-14/h5-9,16,18H,4,10H2,1-3H3. The fourth-order valence-electron chi connectivity index (χ4n) is 2.60. The van der Waals surface area contributed by atoms with Crippen molar-refractivity contribution in [1.82, 2.24) is 0 Å². The highest BCUT2D eigenvalue weighted by molar-refractivity contribution is 5.46. The molecule has 0 radical (unpaired) electrons. The summed E-state index contributed by atoms with van der Waals surface area (Å²) < 4.78 is 11.3. The summed E-state index contributed by atoms with van der Waals surface area (Å²) in [6.07, 6.45) is 0.106. The molecule has 1 atom stereocenters. The highest BCUT2D eigenvalue weighted by atomic mass is 16.5. The molecule has 0 saturated carbocycles. The van der Waals surface area contributed by atoms with Crippen LogP contribution in [0, 0.1) is 0 Å². The van der Waals surface area contributed by atoms with Gasteiger partial charge >= 0.3 is 0 Å². The average Bonchev–Trinajstić information content (AvgIpc) is 3.03. The van der Waals surface area contributed by atoms with Crippen LogP contribution in [0.1, 0.15) is 49.5 Å². The maximum atomic E-state index is 10.5. The number of aliphatic hydroxyl groups is 1. The lowest BCUT2D eigenvalue weighted by atomic mass is 9.85. The van der Waals surface area contributed by atoms with Crippen LogP contribution in [0.4, 0.5) is 0 Å². The molecule has 0 aliphatic carbocycles. The second-order valence-corrected chi connectivity index (χ2v) is 5.99. The Labute approximate surface area is 119 Å². The van der Waals surface area contributed by atoms with Crippen molar-refractivity contribution in [3.63, 3.8) is 0 Å². The molecule has 0 fully saturated rings. The number of hydrogen-bond acceptors (Lipinski definition) is 3. The minimum absolute atomic E-state index is 0.0111. The van der Waals surface area contributed by atoms with Crippen molar-refractivity contribution in [2.24, 2.45) is 0 Å². The molecule has 1 aromatic carbocycles. The Bertz CT molecular complexity index is 625. The molecule has 1 aliphatic heterocycles. The maximum Gasteiger partial charge on any atom is 0.137 e. The van der Waals surface area contributed by atoms with Gasteiger partial charge in [-0.1, -0.05) is 26.8 Å². The zero-order valence-corrected chi connectivity index (χ0v) is 12.1. The normalized spacial score (nSPS) is 17.6. The molecule has 3 nitrogen and oxygen atoms in total. The van der Waals surface area contributed by atoms with Crippen molar-refractivity contribution in [3.8, 4) is 5.75 Å². The predicted molar refractivity (Wildman–Crippen MR) is 77.1 cm³/mol. The van der Waals surface area contributed by atoms with Crippen molar-refractivity contribution in [2.75, 3.05) is 6.61 Å². The van der Waals surface area contributed by atoms with E-state index in [1.165, 1.54) is 0 Å². The smallest absolute Gasteiger partial charge is 0.137 e. The topological polar surface area (TPSA) is 42.6 Å². The minimum atomic E-state index is -0.725. The molecule has 0 saturated heterocycles. The fourth-order valence-corrected chi connectivity index (χ4v) is 2.60. The summed E-state index contributed by atoms with van der Waals surface area (Å²) in [5.41, 5.74) is 1.98. The second-order valence-electron chi connectivity index (χ2n) is 5.99. The van der Waals surface area contributed by atoms with Gasteiger partial charge in [0.05, 0.1) is 6.61 Å². The first-order valence-electron chi connectivity index (χ1n) is 7.05. The van der Waals surface area contributed by atoms with Crippen molar-refractivity contribution >= 4 is 0 Å². The van der Waals surface area contributed by atoms with Crippen molar-refractivity contribution < 1.29 is 14.3 Å². The van der Waals surface area contributed by atoms with Crippen LogP contribution in [0.25, 0.3) is 0 Å². The van der Waals surface area contributed by atoms with Crippen LogP contribution in [-0.2, 0) is 11.8 Å². The van der Waals surface area contributed by atoms with E-state index in [0.29, 0.717) is 12.4 Å². The van der Waals surface area contributed by atoms with E-state index >= 15 is 0 Å². The second kappa shape index (κ2) is 4.67. The molecule has 20 heavy (non-hydrogen) atoms. The SMILES string of the molecule is CCc1ccc(C(O)c2ccc3c(c2)C(C)(C)CO3)o1. The van der Waals surface area contributed by atoms with Gasteiger partial charge in [-0.05, 0) is 29.8 Å². The number of benzene rings is 1.